The number of methoxy groups -OCH3 is 1. The molecule has 0 radical (unpaired) electrons. The molecule has 2 fully saturated rings. The molecule has 4 heteroatoms. The predicted octanol–water partition coefficient (Wildman–Crippen LogP) is 3.08. The molecule has 0 bridgehead atoms. The molecule has 1 saturated carbocycles. The first-order valence-electron chi connectivity index (χ1n) is 7.26. The summed E-state index contributed by atoms with van der Waals surface area (Å²) < 4.78 is 5.35. The van der Waals surface area contributed by atoms with Crippen LogP contribution in [0, 0.1) is 5.92 Å². The predicted molar refractivity (Wildman–Crippen MR) is 78.9 cm³/mol. The zero-order valence-corrected chi connectivity index (χ0v) is 12.5. The largest absolute Gasteiger partial charge is 0.381 e. The van der Waals surface area contributed by atoms with E-state index in [1.165, 1.54) is 5.56 Å². The van der Waals surface area contributed by atoms with Crippen molar-refractivity contribution in [3.05, 3.63) is 34.9 Å². The molecule has 1 aliphatic heterocycles. The number of rotatable bonds is 3. The highest BCUT2D eigenvalue weighted by atomic mass is 35.5. The summed E-state index contributed by atoms with van der Waals surface area (Å²) in [5.41, 5.74) is 1.24. The van der Waals surface area contributed by atoms with E-state index in [-0.39, 0.29) is 5.92 Å². The van der Waals surface area contributed by atoms with Crippen molar-refractivity contribution in [1.29, 1.82) is 0 Å². The number of nitrogens with zero attached hydrogens (tertiary/aromatic N) is 1. The smallest absolute Gasteiger partial charge is 0.226 e. The monoisotopic (exact) mass is 293 g/mol. The van der Waals surface area contributed by atoms with E-state index in [4.69, 9.17) is 16.3 Å². The van der Waals surface area contributed by atoms with Gasteiger partial charge >= 0.3 is 0 Å². The second-order valence-electron chi connectivity index (χ2n) is 5.76. The minimum absolute atomic E-state index is 0.176. The van der Waals surface area contributed by atoms with Crippen LogP contribution in [0.5, 0.6) is 0 Å². The molecule has 1 amide bonds. The summed E-state index contributed by atoms with van der Waals surface area (Å²) in [6, 6.07) is 7.89. The molecular weight excluding hydrogens is 274 g/mol. The molecule has 3 nitrogen and oxygen atoms in total. The van der Waals surface area contributed by atoms with E-state index in [1.807, 2.05) is 29.2 Å². The highest BCUT2D eigenvalue weighted by molar-refractivity contribution is 6.30. The Balaban J connectivity index is 1.56. The van der Waals surface area contributed by atoms with E-state index in [0.29, 0.717) is 17.9 Å². The Labute approximate surface area is 124 Å². The maximum Gasteiger partial charge on any atom is 0.226 e. The van der Waals surface area contributed by atoms with Crippen molar-refractivity contribution in [3.8, 4) is 0 Å². The normalized spacial score (nSPS) is 26.6. The molecule has 1 aromatic rings. The fourth-order valence-corrected chi connectivity index (χ4v) is 3.22. The number of piperidine rings is 1. The molecule has 0 spiro atoms. The van der Waals surface area contributed by atoms with Crippen LogP contribution < -0.4 is 0 Å². The number of amides is 1. The van der Waals surface area contributed by atoms with E-state index >= 15 is 0 Å². The van der Waals surface area contributed by atoms with Gasteiger partial charge in [-0.15, -0.1) is 0 Å². The average molecular weight is 294 g/mol. The molecule has 2 aliphatic rings. The average Bonchev–Trinajstić information content (AvgIpc) is 3.28. The zero-order chi connectivity index (χ0) is 14.1. The fraction of sp³-hybridized carbons (Fsp3) is 0.562. The van der Waals surface area contributed by atoms with Gasteiger partial charge in [0.25, 0.3) is 0 Å². The number of likely N-dealkylation sites (tertiary alicyclic amines) is 1. The van der Waals surface area contributed by atoms with Gasteiger partial charge in [-0.25, -0.2) is 0 Å². The van der Waals surface area contributed by atoms with Gasteiger partial charge in [0, 0.05) is 31.1 Å². The molecule has 0 unspecified atom stereocenters. The maximum absolute atomic E-state index is 12.5. The molecule has 1 aromatic carbocycles. The lowest BCUT2D eigenvalue weighted by molar-refractivity contribution is -0.135. The molecule has 0 aromatic heterocycles. The van der Waals surface area contributed by atoms with Gasteiger partial charge in [0.1, 0.15) is 0 Å². The second kappa shape index (κ2) is 5.74. The van der Waals surface area contributed by atoms with E-state index < -0.39 is 0 Å². The van der Waals surface area contributed by atoms with Crippen LogP contribution in [-0.4, -0.2) is 37.1 Å². The van der Waals surface area contributed by atoms with Crippen LogP contribution in [0.2, 0.25) is 5.02 Å². The van der Waals surface area contributed by atoms with Crippen LogP contribution >= 0.6 is 11.6 Å². The number of carbonyl (C=O) groups excluding carboxylic acids is 1. The van der Waals surface area contributed by atoms with Gasteiger partial charge in [0.15, 0.2) is 0 Å². The third-order valence-corrected chi connectivity index (χ3v) is 4.74. The Hall–Kier alpha value is -1.06. The lowest BCUT2D eigenvalue weighted by Gasteiger charge is -2.31. The van der Waals surface area contributed by atoms with Crippen LogP contribution in [0.15, 0.2) is 24.3 Å². The van der Waals surface area contributed by atoms with Crippen molar-refractivity contribution in [2.45, 2.75) is 31.3 Å². The van der Waals surface area contributed by atoms with Crippen LogP contribution in [0.1, 0.15) is 30.7 Å². The first kappa shape index (κ1) is 13.9. The summed E-state index contributed by atoms with van der Waals surface area (Å²) in [4.78, 5) is 14.5. The van der Waals surface area contributed by atoms with Crippen molar-refractivity contribution >= 4 is 17.5 Å². The van der Waals surface area contributed by atoms with E-state index in [2.05, 4.69) is 0 Å². The molecule has 1 saturated heterocycles. The minimum atomic E-state index is 0.176. The topological polar surface area (TPSA) is 29.5 Å². The van der Waals surface area contributed by atoms with Crippen molar-refractivity contribution in [2.75, 3.05) is 20.2 Å². The number of hydrogen-bond acceptors (Lipinski definition) is 2. The van der Waals surface area contributed by atoms with Gasteiger partial charge in [-0.05, 0) is 42.9 Å². The first-order valence-corrected chi connectivity index (χ1v) is 7.64. The third-order valence-electron chi connectivity index (χ3n) is 4.49. The van der Waals surface area contributed by atoms with Gasteiger partial charge in [-0.1, -0.05) is 23.7 Å². The summed E-state index contributed by atoms with van der Waals surface area (Å²) in [6.45, 7) is 1.67. The summed E-state index contributed by atoms with van der Waals surface area (Å²) >= 11 is 5.90. The van der Waals surface area contributed by atoms with Crippen molar-refractivity contribution in [3.63, 3.8) is 0 Å². The van der Waals surface area contributed by atoms with E-state index in [0.717, 1.165) is 37.4 Å². The summed E-state index contributed by atoms with van der Waals surface area (Å²) in [6.07, 6.45) is 3.22. The van der Waals surface area contributed by atoms with Gasteiger partial charge in [-0.2, -0.15) is 0 Å². The molecular formula is C16H20ClNO2. The number of carbonyl (C=O) groups is 1. The number of halogens is 1. The second-order valence-corrected chi connectivity index (χ2v) is 6.20. The highest BCUT2D eigenvalue weighted by Crippen LogP contribution is 2.48. The minimum Gasteiger partial charge on any atom is -0.381 e. The number of benzene rings is 1. The Kier molecular flexibility index (Phi) is 3.99. The number of hydrogen-bond donors (Lipinski definition) is 0. The van der Waals surface area contributed by atoms with Crippen molar-refractivity contribution in [1.82, 2.24) is 4.90 Å². The Bertz CT molecular complexity index is 480. The first-order chi connectivity index (χ1) is 9.69. The standard InChI is InChI=1S/C16H20ClNO2/c1-20-13-6-8-18(9-7-13)16(19)15-10-14(15)11-2-4-12(17)5-3-11/h2-5,13-15H,6-10H2,1H3/t14-,15-/m0/s1. The van der Waals surface area contributed by atoms with Gasteiger partial charge < -0.3 is 9.64 Å². The SMILES string of the molecule is COC1CCN(C(=O)[C@H]2C[C@H]2c2ccc(Cl)cc2)CC1. The molecule has 1 aliphatic carbocycles. The van der Waals surface area contributed by atoms with Crippen LogP contribution in [0.4, 0.5) is 0 Å². The quantitative estimate of drug-likeness (QED) is 0.857. The highest BCUT2D eigenvalue weighted by Gasteiger charge is 2.46. The molecule has 2 atom stereocenters. The Morgan fingerprint density at radius 1 is 1.25 bits per heavy atom. The molecule has 108 valence electrons. The van der Waals surface area contributed by atoms with E-state index in [1.54, 1.807) is 7.11 Å². The molecule has 1 heterocycles. The zero-order valence-electron chi connectivity index (χ0n) is 11.7. The fourth-order valence-electron chi connectivity index (χ4n) is 3.09. The Morgan fingerprint density at radius 3 is 2.50 bits per heavy atom. The molecule has 0 N–H and O–H groups in total. The van der Waals surface area contributed by atoms with Crippen LogP contribution in [0.3, 0.4) is 0 Å². The summed E-state index contributed by atoms with van der Waals surface area (Å²) in [5.74, 6) is 0.884. The number of ether oxygens (including phenoxy) is 1. The van der Waals surface area contributed by atoms with Crippen molar-refractivity contribution < 1.29 is 9.53 Å². The van der Waals surface area contributed by atoms with Gasteiger partial charge in [-0.3, -0.25) is 4.79 Å². The van der Waals surface area contributed by atoms with Gasteiger partial charge in [0.05, 0.1) is 6.10 Å². The lowest BCUT2D eigenvalue weighted by atomic mass is 10.1. The summed E-state index contributed by atoms with van der Waals surface area (Å²) in [5, 5.41) is 0.749. The lowest BCUT2D eigenvalue weighted by Crippen LogP contribution is -2.41. The Morgan fingerprint density at radius 2 is 1.90 bits per heavy atom. The molecule has 20 heavy (non-hydrogen) atoms. The van der Waals surface area contributed by atoms with Gasteiger partial charge in [0.2, 0.25) is 5.91 Å². The van der Waals surface area contributed by atoms with Crippen molar-refractivity contribution in [2.24, 2.45) is 5.92 Å². The van der Waals surface area contributed by atoms with Crippen LogP contribution in [0.25, 0.3) is 0 Å². The third kappa shape index (κ3) is 2.84. The van der Waals surface area contributed by atoms with E-state index in [9.17, 15) is 4.79 Å². The summed E-state index contributed by atoms with van der Waals surface area (Å²) in [7, 11) is 1.75. The van der Waals surface area contributed by atoms with Crippen LogP contribution in [-0.2, 0) is 9.53 Å². The maximum atomic E-state index is 12.5. The molecule has 3 rings (SSSR count).